The Morgan fingerprint density at radius 2 is 1.59 bits per heavy atom. The average Bonchev–Trinajstić information content (AvgIpc) is 2.34. The van der Waals surface area contributed by atoms with Crippen molar-refractivity contribution < 1.29 is 0 Å². The molecule has 0 fully saturated rings. The molecule has 1 aromatic carbocycles. The second-order valence-corrected chi connectivity index (χ2v) is 4.99. The number of nitrogens with one attached hydrogen (secondary N) is 1. The second-order valence-electron chi connectivity index (χ2n) is 4.99. The smallest absolute Gasteiger partial charge is 0.0291 e. The van der Waals surface area contributed by atoms with Crippen molar-refractivity contribution in [3.63, 3.8) is 0 Å². The number of benzene rings is 1. The van der Waals surface area contributed by atoms with E-state index >= 15 is 0 Å². The van der Waals surface area contributed by atoms with Crippen LogP contribution in [0.2, 0.25) is 0 Å². The first kappa shape index (κ1) is 14.2. The van der Waals surface area contributed by atoms with E-state index in [0.29, 0.717) is 12.0 Å². The molecule has 0 aliphatic heterocycles. The number of hydrogen-bond acceptors (Lipinski definition) is 2. The summed E-state index contributed by atoms with van der Waals surface area (Å²) in [5, 5.41) is 3.53. The Morgan fingerprint density at radius 3 is 2.12 bits per heavy atom. The largest absolute Gasteiger partial charge is 0.330 e. The van der Waals surface area contributed by atoms with Crippen LogP contribution in [0.1, 0.15) is 56.7 Å². The maximum absolute atomic E-state index is 5.47. The number of hydrogen-bond donors (Lipinski definition) is 2. The molecule has 0 aliphatic rings. The Balaban J connectivity index is 2.43. The summed E-state index contributed by atoms with van der Waals surface area (Å²) in [5.41, 5.74) is 8.24. The zero-order valence-electron chi connectivity index (χ0n) is 11.4. The summed E-state index contributed by atoms with van der Waals surface area (Å²) >= 11 is 0. The first-order valence-electron chi connectivity index (χ1n) is 6.68. The Bertz CT molecular complexity index is 303. The zero-order chi connectivity index (χ0) is 12.7. The van der Waals surface area contributed by atoms with Gasteiger partial charge in [0.2, 0.25) is 0 Å². The van der Waals surface area contributed by atoms with Gasteiger partial charge in [0.15, 0.2) is 0 Å². The van der Waals surface area contributed by atoms with Crippen molar-refractivity contribution in [2.45, 2.75) is 45.6 Å². The minimum absolute atomic E-state index is 0.425. The molecule has 17 heavy (non-hydrogen) atoms. The van der Waals surface area contributed by atoms with E-state index in [1.165, 1.54) is 11.1 Å². The van der Waals surface area contributed by atoms with Crippen LogP contribution in [0.3, 0.4) is 0 Å². The van der Waals surface area contributed by atoms with Gasteiger partial charge in [0.25, 0.3) is 0 Å². The number of rotatable bonds is 7. The van der Waals surface area contributed by atoms with Gasteiger partial charge in [-0.15, -0.1) is 0 Å². The maximum atomic E-state index is 5.47. The van der Waals surface area contributed by atoms with Crippen LogP contribution in [-0.2, 0) is 0 Å². The van der Waals surface area contributed by atoms with Gasteiger partial charge in [-0.1, -0.05) is 38.1 Å². The van der Waals surface area contributed by atoms with E-state index in [-0.39, 0.29) is 0 Å². The van der Waals surface area contributed by atoms with Crippen molar-refractivity contribution in [1.82, 2.24) is 5.32 Å². The van der Waals surface area contributed by atoms with Gasteiger partial charge >= 0.3 is 0 Å². The van der Waals surface area contributed by atoms with Gasteiger partial charge in [0, 0.05) is 6.04 Å². The predicted octanol–water partition coefficient (Wildman–Crippen LogP) is 3.20. The molecule has 0 saturated carbocycles. The lowest BCUT2D eigenvalue weighted by Gasteiger charge is -2.15. The van der Waals surface area contributed by atoms with Gasteiger partial charge < -0.3 is 11.1 Å². The lowest BCUT2D eigenvalue weighted by Crippen LogP contribution is -2.20. The van der Waals surface area contributed by atoms with Crippen molar-refractivity contribution in [3.8, 4) is 0 Å². The molecular weight excluding hydrogens is 208 g/mol. The lowest BCUT2D eigenvalue weighted by molar-refractivity contribution is 0.548. The van der Waals surface area contributed by atoms with E-state index in [1.54, 1.807) is 0 Å². The predicted molar refractivity (Wildman–Crippen MR) is 75.2 cm³/mol. The highest BCUT2D eigenvalue weighted by Gasteiger charge is 2.05. The Labute approximate surface area is 106 Å². The van der Waals surface area contributed by atoms with Crippen LogP contribution >= 0.6 is 0 Å². The molecule has 3 N–H and O–H groups in total. The Morgan fingerprint density at radius 1 is 1.00 bits per heavy atom. The molecule has 1 aromatic rings. The summed E-state index contributed by atoms with van der Waals surface area (Å²) in [4.78, 5) is 0. The SMILES string of the molecule is CC(C)c1ccc(C(C)NCCCCN)cc1. The van der Waals surface area contributed by atoms with Gasteiger partial charge in [0.05, 0.1) is 0 Å². The van der Waals surface area contributed by atoms with Crippen LogP contribution in [0.15, 0.2) is 24.3 Å². The molecule has 0 bridgehead atoms. The van der Waals surface area contributed by atoms with Crippen molar-refractivity contribution >= 4 is 0 Å². The van der Waals surface area contributed by atoms with Crippen LogP contribution < -0.4 is 11.1 Å². The highest BCUT2D eigenvalue weighted by atomic mass is 14.9. The van der Waals surface area contributed by atoms with Crippen molar-refractivity contribution in [2.75, 3.05) is 13.1 Å². The maximum Gasteiger partial charge on any atom is 0.0291 e. The third-order valence-electron chi connectivity index (χ3n) is 3.18. The van der Waals surface area contributed by atoms with Gasteiger partial charge in [0.1, 0.15) is 0 Å². The molecule has 1 atom stereocenters. The van der Waals surface area contributed by atoms with Crippen molar-refractivity contribution in [2.24, 2.45) is 5.73 Å². The van der Waals surface area contributed by atoms with E-state index < -0.39 is 0 Å². The summed E-state index contributed by atoms with van der Waals surface area (Å²) in [7, 11) is 0. The van der Waals surface area contributed by atoms with Gasteiger partial charge in [-0.3, -0.25) is 0 Å². The molecule has 1 rings (SSSR count). The average molecular weight is 234 g/mol. The van der Waals surface area contributed by atoms with Crippen LogP contribution in [0.25, 0.3) is 0 Å². The zero-order valence-corrected chi connectivity index (χ0v) is 11.4. The Kier molecular flexibility index (Phi) is 6.23. The van der Waals surface area contributed by atoms with Gasteiger partial charge in [-0.25, -0.2) is 0 Å². The standard InChI is InChI=1S/C15H26N2/c1-12(2)14-6-8-15(9-7-14)13(3)17-11-5-4-10-16/h6-9,12-13,17H,4-5,10-11,16H2,1-3H3. The molecule has 1 unspecified atom stereocenters. The van der Waals surface area contributed by atoms with Gasteiger partial charge in [-0.2, -0.15) is 0 Å². The quantitative estimate of drug-likeness (QED) is 0.711. The normalized spacial score (nSPS) is 13.0. The minimum atomic E-state index is 0.425. The summed E-state index contributed by atoms with van der Waals surface area (Å²) in [6, 6.07) is 9.36. The first-order chi connectivity index (χ1) is 8.15. The number of unbranched alkanes of at least 4 members (excludes halogenated alkanes) is 1. The topological polar surface area (TPSA) is 38.0 Å². The second kappa shape index (κ2) is 7.46. The third-order valence-corrected chi connectivity index (χ3v) is 3.18. The molecule has 2 heteroatoms. The summed E-state index contributed by atoms with van der Waals surface area (Å²) in [6.07, 6.45) is 2.26. The molecule has 0 saturated heterocycles. The molecule has 0 aromatic heterocycles. The summed E-state index contributed by atoms with van der Waals surface area (Å²) in [6.45, 7) is 8.50. The van der Waals surface area contributed by atoms with Gasteiger partial charge in [-0.05, 0) is 49.9 Å². The highest BCUT2D eigenvalue weighted by Crippen LogP contribution is 2.18. The molecule has 0 radical (unpaired) electrons. The summed E-state index contributed by atoms with van der Waals surface area (Å²) in [5.74, 6) is 0.608. The number of nitrogens with two attached hydrogens (primary N) is 1. The molecule has 0 spiro atoms. The molecule has 0 heterocycles. The van der Waals surface area contributed by atoms with Crippen LogP contribution in [0.5, 0.6) is 0 Å². The van der Waals surface area contributed by atoms with E-state index in [0.717, 1.165) is 25.9 Å². The molecule has 0 amide bonds. The van der Waals surface area contributed by atoms with E-state index in [1.807, 2.05) is 0 Å². The molecule has 0 aliphatic carbocycles. The Hall–Kier alpha value is -0.860. The van der Waals surface area contributed by atoms with E-state index in [9.17, 15) is 0 Å². The fourth-order valence-electron chi connectivity index (χ4n) is 1.88. The van der Waals surface area contributed by atoms with E-state index in [4.69, 9.17) is 5.73 Å². The van der Waals surface area contributed by atoms with Crippen molar-refractivity contribution in [1.29, 1.82) is 0 Å². The van der Waals surface area contributed by atoms with Crippen LogP contribution in [0, 0.1) is 0 Å². The molecule has 96 valence electrons. The fourth-order valence-corrected chi connectivity index (χ4v) is 1.88. The third kappa shape index (κ3) is 4.88. The van der Waals surface area contributed by atoms with Crippen LogP contribution in [0.4, 0.5) is 0 Å². The minimum Gasteiger partial charge on any atom is -0.330 e. The monoisotopic (exact) mass is 234 g/mol. The van der Waals surface area contributed by atoms with E-state index in [2.05, 4.69) is 50.4 Å². The lowest BCUT2D eigenvalue weighted by atomic mass is 9.99. The summed E-state index contributed by atoms with van der Waals surface area (Å²) < 4.78 is 0. The highest BCUT2D eigenvalue weighted by molar-refractivity contribution is 5.26. The molecular formula is C15H26N2. The van der Waals surface area contributed by atoms with Crippen LogP contribution in [-0.4, -0.2) is 13.1 Å². The fraction of sp³-hybridized carbons (Fsp3) is 0.600. The van der Waals surface area contributed by atoms with Crippen molar-refractivity contribution in [3.05, 3.63) is 35.4 Å². The first-order valence-corrected chi connectivity index (χ1v) is 6.68. The molecule has 2 nitrogen and oxygen atoms in total.